The van der Waals surface area contributed by atoms with Crippen molar-refractivity contribution >= 4 is 54.5 Å². The smallest absolute Gasteiger partial charge is 0.214 e. The Morgan fingerprint density at radius 1 is 0.889 bits per heavy atom. The maximum Gasteiger partial charge on any atom is 0.214 e. The number of allylic oxidation sites excluding steroid dienone is 1. The van der Waals surface area contributed by atoms with Gasteiger partial charge >= 0.3 is 0 Å². The summed E-state index contributed by atoms with van der Waals surface area (Å²) < 4.78 is 0.968. The number of benzene rings is 4. The monoisotopic (exact) mass is 535 g/mol. The Balaban J connectivity index is 1.46. The van der Waals surface area contributed by atoms with Crippen LogP contribution in [0.1, 0.15) is 56.3 Å². The van der Waals surface area contributed by atoms with Gasteiger partial charge < -0.3 is 5.32 Å². The normalized spacial score (nSPS) is 21.3. The third-order valence-corrected chi connectivity index (χ3v) is 8.59. The largest absolute Gasteiger partial charge is 0.373 e. The van der Waals surface area contributed by atoms with Crippen LogP contribution in [0.3, 0.4) is 0 Å². The van der Waals surface area contributed by atoms with Gasteiger partial charge in [0.25, 0.3) is 0 Å². The number of anilines is 1. The Kier molecular flexibility index (Phi) is 4.48. The molecule has 4 aromatic carbocycles. The highest BCUT2D eigenvalue weighted by Gasteiger charge is 2.42. The number of hydrogen-bond donors (Lipinski definition) is 1. The first-order valence-electron chi connectivity index (χ1n) is 12.5. The Bertz CT molecular complexity index is 1690. The lowest BCUT2D eigenvalue weighted by Crippen LogP contribution is -2.33. The summed E-state index contributed by atoms with van der Waals surface area (Å²) in [4.78, 5) is 13.8. The van der Waals surface area contributed by atoms with Crippen molar-refractivity contribution in [1.82, 2.24) is 0 Å². The molecule has 2 heterocycles. The fourth-order valence-electron chi connectivity index (χ4n) is 6.11. The molecular formula is C31H26BrN3O. The molecule has 0 fully saturated rings. The zero-order chi connectivity index (χ0) is 24.8. The molecule has 36 heavy (non-hydrogen) atoms. The third kappa shape index (κ3) is 3.29. The summed E-state index contributed by atoms with van der Waals surface area (Å²) in [6.07, 6.45) is 1.43. The molecule has 5 heteroatoms. The molecule has 0 saturated carbocycles. The van der Waals surface area contributed by atoms with Crippen LogP contribution in [0.4, 0.5) is 5.69 Å². The van der Waals surface area contributed by atoms with Gasteiger partial charge in [-0.3, -0.25) is 4.79 Å². The van der Waals surface area contributed by atoms with E-state index in [0.717, 1.165) is 33.3 Å². The molecule has 0 saturated heterocycles. The van der Waals surface area contributed by atoms with Crippen LogP contribution in [-0.2, 0) is 10.5 Å². The van der Waals surface area contributed by atoms with Gasteiger partial charge in [0.2, 0.25) is 5.66 Å². The Labute approximate surface area is 218 Å². The summed E-state index contributed by atoms with van der Waals surface area (Å²) >= 11 is 3.75. The van der Waals surface area contributed by atoms with E-state index in [2.05, 4.69) is 112 Å². The first kappa shape index (κ1) is 21.9. The second-order valence-corrected chi connectivity index (χ2v) is 12.1. The molecule has 0 radical (unpaired) electrons. The zero-order valence-electron chi connectivity index (χ0n) is 20.5. The number of ketones is 1. The zero-order valence-corrected chi connectivity index (χ0v) is 22.1. The minimum absolute atomic E-state index is 0.0812. The predicted octanol–water partition coefficient (Wildman–Crippen LogP) is 8.70. The lowest BCUT2D eigenvalue weighted by molar-refractivity contribution is -0.118. The van der Waals surface area contributed by atoms with Crippen molar-refractivity contribution in [3.05, 3.63) is 93.5 Å². The van der Waals surface area contributed by atoms with E-state index in [9.17, 15) is 4.79 Å². The number of halogens is 1. The van der Waals surface area contributed by atoms with E-state index < -0.39 is 5.66 Å². The van der Waals surface area contributed by atoms with E-state index in [4.69, 9.17) is 0 Å². The fourth-order valence-corrected chi connectivity index (χ4v) is 6.88. The minimum Gasteiger partial charge on any atom is -0.373 e. The van der Waals surface area contributed by atoms with Crippen molar-refractivity contribution in [3.8, 4) is 0 Å². The molecule has 0 amide bonds. The van der Waals surface area contributed by atoms with Gasteiger partial charge in [-0.15, -0.1) is 0 Å². The standard InChI is InChI=1S/C31H26BrN3O/c1-30(2)15-22-27-21-13-18-7-5-4-6-17(18)12-19(21)9-11-25(27)33-29(28(22)26(36)16-30)20-8-10-23(24(32)14-20)31(3)34-35-31/h4-14,29,33H,15-16H2,1-3H3. The number of fused-ring (bicyclic) bond motifs is 5. The third-order valence-electron chi connectivity index (χ3n) is 7.93. The summed E-state index contributed by atoms with van der Waals surface area (Å²) in [5, 5.41) is 17.0. The van der Waals surface area contributed by atoms with Gasteiger partial charge in [0.05, 0.1) is 6.04 Å². The SMILES string of the molecule is CC1(C)CC(=O)C2=C(C1)c1c(ccc3cc4ccccc4cc13)NC2c1ccc(C2(C)N=N2)c(Br)c1. The van der Waals surface area contributed by atoms with Gasteiger partial charge in [0, 0.05) is 33.3 Å². The molecule has 178 valence electrons. The quantitative estimate of drug-likeness (QED) is 0.261. The molecule has 1 atom stereocenters. The number of nitrogens with one attached hydrogen (secondary N) is 1. The second kappa shape index (κ2) is 7.36. The first-order chi connectivity index (χ1) is 17.2. The second-order valence-electron chi connectivity index (χ2n) is 11.3. The molecular weight excluding hydrogens is 510 g/mol. The number of carbonyl (C=O) groups is 1. The van der Waals surface area contributed by atoms with E-state index >= 15 is 0 Å². The highest BCUT2D eigenvalue weighted by atomic mass is 79.9. The van der Waals surface area contributed by atoms with Crippen LogP contribution in [0.2, 0.25) is 0 Å². The average Bonchev–Trinajstić information content (AvgIpc) is 3.59. The van der Waals surface area contributed by atoms with Crippen LogP contribution < -0.4 is 5.32 Å². The highest BCUT2D eigenvalue weighted by Crippen LogP contribution is 2.53. The molecule has 4 aromatic rings. The maximum atomic E-state index is 13.8. The number of Topliss-reactive ketones (excluding diaryl/α,β-unsaturated/α-hetero) is 1. The molecule has 0 spiro atoms. The van der Waals surface area contributed by atoms with Crippen LogP contribution >= 0.6 is 15.9 Å². The molecule has 1 N–H and O–H groups in total. The molecule has 3 aliphatic rings. The highest BCUT2D eigenvalue weighted by molar-refractivity contribution is 9.10. The summed E-state index contributed by atoms with van der Waals surface area (Å²) in [5.74, 6) is 0.238. The van der Waals surface area contributed by atoms with Crippen molar-refractivity contribution < 1.29 is 4.79 Å². The summed E-state index contributed by atoms with van der Waals surface area (Å²) in [7, 11) is 0. The van der Waals surface area contributed by atoms with Crippen molar-refractivity contribution in [2.45, 2.75) is 45.3 Å². The van der Waals surface area contributed by atoms with E-state index in [-0.39, 0.29) is 17.2 Å². The number of nitrogens with zero attached hydrogens (tertiary/aromatic N) is 2. The van der Waals surface area contributed by atoms with Gasteiger partial charge in [0.15, 0.2) is 5.78 Å². The number of carbonyl (C=O) groups excluding carboxylic acids is 1. The summed E-state index contributed by atoms with van der Waals surface area (Å²) in [5.41, 5.74) is 5.95. The Morgan fingerprint density at radius 2 is 1.64 bits per heavy atom. The van der Waals surface area contributed by atoms with Gasteiger partial charge in [0.1, 0.15) is 0 Å². The average molecular weight is 536 g/mol. The molecule has 1 aliphatic carbocycles. The summed E-state index contributed by atoms with van der Waals surface area (Å²) in [6, 6.07) is 23.5. The predicted molar refractivity (Wildman–Crippen MR) is 149 cm³/mol. The van der Waals surface area contributed by atoms with Crippen LogP contribution in [0.25, 0.3) is 27.1 Å². The van der Waals surface area contributed by atoms with Crippen molar-refractivity contribution in [1.29, 1.82) is 0 Å². The minimum atomic E-state index is -0.458. The molecule has 0 aromatic heterocycles. The van der Waals surface area contributed by atoms with Crippen molar-refractivity contribution in [2.75, 3.05) is 5.32 Å². The van der Waals surface area contributed by atoms with E-state index in [1.165, 1.54) is 32.7 Å². The molecule has 7 rings (SSSR count). The van der Waals surface area contributed by atoms with Gasteiger partial charge in [-0.2, -0.15) is 10.2 Å². The first-order valence-corrected chi connectivity index (χ1v) is 13.2. The lowest BCUT2D eigenvalue weighted by Gasteiger charge is -2.40. The van der Waals surface area contributed by atoms with Gasteiger partial charge in [-0.25, -0.2) is 0 Å². The molecule has 2 aliphatic heterocycles. The molecule has 1 unspecified atom stereocenters. The van der Waals surface area contributed by atoms with E-state index in [1.807, 2.05) is 6.92 Å². The van der Waals surface area contributed by atoms with Crippen LogP contribution in [0, 0.1) is 5.41 Å². The summed E-state index contributed by atoms with van der Waals surface area (Å²) in [6.45, 7) is 6.42. The van der Waals surface area contributed by atoms with Gasteiger partial charge in [-0.05, 0) is 75.7 Å². The Morgan fingerprint density at radius 3 is 2.36 bits per heavy atom. The van der Waals surface area contributed by atoms with Crippen LogP contribution in [0.15, 0.2) is 87.0 Å². The molecule has 4 nitrogen and oxygen atoms in total. The fraction of sp³-hybridized carbons (Fsp3) is 0.258. The van der Waals surface area contributed by atoms with Gasteiger partial charge in [-0.1, -0.05) is 72.2 Å². The van der Waals surface area contributed by atoms with Crippen molar-refractivity contribution in [3.63, 3.8) is 0 Å². The Hall–Kier alpha value is -3.31. The van der Waals surface area contributed by atoms with Crippen LogP contribution in [-0.4, -0.2) is 5.78 Å². The topological polar surface area (TPSA) is 53.8 Å². The van der Waals surface area contributed by atoms with Crippen molar-refractivity contribution in [2.24, 2.45) is 15.6 Å². The number of hydrogen-bond acceptors (Lipinski definition) is 4. The number of rotatable bonds is 2. The maximum absolute atomic E-state index is 13.8. The van der Waals surface area contributed by atoms with Crippen LogP contribution in [0.5, 0.6) is 0 Å². The van der Waals surface area contributed by atoms with E-state index in [0.29, 0.717) is 6.42 Å². The van der Waals surface area contributed by atoms with E-state index in [1.54, 1.807) is 0 Å². The lowest BCUT2D eigenvalue weighted by atomic mass is 9.67. The molecule has 0 bridgehead atoms.